The Bertz CT molecular complexity index is 435. The first-order valence-electron chi connectivity index (χ1n) is 5.03. The molecule has 0 fully saturated rings. The van der Waals surface area contributed by atoms with Crippen molar-refractivity contribution in [2.24, 2.45) is 0 Å². The van der Waals surface area contributed by atoms with Gasteiger partial charge in [-0.15, -0.1) is 11.8 Å². The minimum atomic E-state index is -4.27. The molecule has 0 aliphatic rings. The molecule has 1 aromatic carbocycles. The second kappa shape index (κ2) is 6.10. The minimum absolute atomic E-state index is 0.281. The van der Waals surface area contributed by atoms with Crippen LogP contribution >= 0.6 is 11.8 Å². The van der Waals surface area contributed by atoms with Gasteiger partial charge in [-0.1, -0.05) is 6.07 Å². The van der Waals surface area contributed by atoms with Gasteiger partial charge in [0.05, 0.1) is 11.4 Å². The Morgan fingerprint density at radius 2 is 2.11 bits per heavy atom. The molecule has 1 amide bonds. The van der Waals surface area contributed by atoms with Gasteiger partial charge in [-0.2, -0.15) is 13.2 Å². The van der Waals surface area contributed by atoms with Crippen molar-refractivity contribution in [3.8, 4) is 0 Å². The number of amides is 1. The molecule has 0 aromatic heterocycles. The number of hydrogen-bond acceptors (Lipinski definition) is 3. The van der Waals surface area contributed by atoms with Gasteiger partial charge in [0.2, 0.25) is 5.91 Å². The monoisotopic (exact) mass is 279 g/mol. The molecule has 18 heavy (non-hydrogen) atoms. The molecule has 1 rings (SSSR count). The Labute approximate surface area is 106 Å². The van der Waals surface area contributed by atoms with Crippen molar-refractivity contribution in [1.82, 2.24) is 0 Å². The average molecular weight is 279 g/mol. The van der Waals surface area contributed by atoms with E-state index in [1.54, 1.807) is 19.1 Å². The maximum absolute atomic E-state index is 12.1. The van der Waals surface area contributed by atoms with E-state index in [1.165, 1.54) is 6.07 Å². The van der Waals surface area contributed by atoms with Crippen LogP contribution < -0.4 is 5.32 Å². The van der Waals surface area contributed by atoms with Crippen LogP contribution in [0.15, 0.2) is 23.1 Å². The van der Waals surface area contributed by atoms with Crippen molar-refractivity contribution >= 4 is 23.4 Å². The number of benzene rings is 1. The van der Waals surface area contributed by atoms with E-state index in [0.717, 1.165) is 5.56 Å². The van der Waals surface area contributed by atoms with Gasteiger partial charge in [0.25, 0.3) is 0 Å². The summed E-state index contributed by atoms with van der Waals surface area (Å²) < 4.78 is 36.4. The highest BCUT2D eigenvalue weighted by Gasteiger charge is 2.27. The third kappa shape index (κ3) is 4.97. The molecule has 7 heteroatoms. The number of aliphatic hydroxyl groups excluding tert-OH is 1. The largest absolute Gasteiger partial charge is 0.398 e. The molecule has 3 nitrogen and oxygen atoms in total. The first kappa shape index (κ1) is 14.8. The number of aliphatic hydroxyl groups is 1. The molecule has 100 valence electrons. The fraction of sp³-hybridized carbons (Fsp3) is 0.364. The molecule has 0 heterocycles. The first-order chi connectivity index (χ1) is 8.31. The average Bonchev–Trinajstić information content (AvgIpc) is 2.26. The molecule has 0 saturated heterocycles. The fourth-order valence-corrected chi connectivity index (χ4v) is 1.97. The van der Waals surface area contributed by atoms with Crippen LogP contribution in [-0.2, 0) is 4.79 Å². The van der Waals surface area contributed by atoms with Gasteiger partial charge in [-0.25, -0.2) is 0 Å². The summed E-state index contributed by atoms with van der Waals surface area (Å²) in [6, 6.07) is 4.73. The van der Waals surface area contributed by atoms with Gasteiger partial charge in [-0.05, 0) is 24.6 Å². The summed E-state index contributed by atoms with van der Waals surface area (Å²) in [5, 5.41) is 11.0. The van der Waals surface area contributed by atoms with Crippen LogP contribution in [0.25, 0.3) is 0 Å². The zero-order chi connectivity index (χ0) is 13.8. The number of halogens is 3. The first-order valence-corrected chi connectivity index (χ1v) is 6.01. The van der Waals surface area contributed by atoms with E-state index in [-0.39, 0.29) is 5.69 Å². The van der Waals surface area contributed by atoms with E-state index in [1.807, 2.05) is 0 Å². The van der Waals surface area contributed by atoms with Gasteiger partial charge in [0.1, 0.15) is 6.61 Å². The van der Waals surface area contributed by atoms with Crippen molar-refractivity contribution in [3.05, 3.63) is 23.8 Å². The maximum Gasteiger partial charge on any atom is 0.398 e. The second-order valence-corrected chi connectivity index (χ2v) is 4.63. The van der Waals surface area contributed by atoms with Crippen molar-refractivity contribution in [2.45, 2.75) is 18.0 Å². The zero-order valence-corrected chi connectivity index (χ0v) is 10.4. The SMILES string of the molecule is Cc1ccc(SCC(F)(F)F)c(NC(=O)CO)c1. The van der Waals surface area contributed by atoms with Crippen LogP contribution in [0.3, 0.4) is 0 Å². The number of hydrogen-bond donors (Lipinski definition) is 2. The summed E-state index contributed by atoms with van der Waals surface area (Å²) in [7, 11) is 0. The van der Waals surface area contributed by atoms with E-state index in [0.29, 0.717) is 16.7 Å². The van der Waals surface area contributed by atoms with Crippen LogP contribution in [0.5, 0.6) is 0 Å². The molecule has 0 aliphatic carbocycles. The van der Waals surface area contributed by atoms with Gasteiger partial charge in [-0.3, -0.25) is 4.79 Å². The number of carbonyl (C=O) groups excluding carboxylic acids is 1. The minimum Gasteiger partial charge on any atom is -0.387 e. The lowest BCUT2D eigenvalue weighted by Crippen LogP contribution is -2.16. The van der Waals surface area contributed by atoms with Crippen molar-refractivity contribution in [2.75, 3.05) is 17.7 Å². The van der Waals surface area contributed by atoms with Crippen LogP contribution in [-0.4, -0.2) is 29.5 Å². The quantitative estimate of drug-likeness (QED) is 0.833. The molecule has 0 bridgehead atoms. The van der Waals surface area contributed by atoms with Crippen molar-refractivity contribution in [3.63, 3.8) is 0 Å². The van der Waals surface area contributed by atoms with Gasteiger partial charge >= 0.3 is 6.18 Å². The Morgan fingerprint density at radius 1 is 1.44 bits per heavy atom. The molecular weight excluding hydrogens is 267 g/mol. The molecule has 0 saturated carbocycles. The molecule has 1 aromatic rings. The number of thioether (sulfide) groups is 1. The zero-order valence-electron chi connectivity index (χ0n) is 9.54. The third-order valence-corrected chi connectivity index (χ3v) is 3.08. The molecule has 0 unspecified atom stereocenters. The van der Waals surface area contributed by atoms with Crippen LogP contribution in [0.1, 0.15) is 5.56 Å². The van der Waals surface area contributed by atoms with E-state index in [4.69, 9.17) is 5.11 Å². The molecule has 0 atom stereocenters. The van der Waals surface area contributed by atoms with Crippen LogP contribution in [0.2, 0.25) is 0 Å². The molecule has 2 N–H and O–H groups in total. The standard InChI is InChI=1S/C11H12F3NO2S/c1-7-2-3-9(18-6-11(12,13)14)8(4-7)15-10(17)5-16/h2-4,16H,5-6H2,1H3,(H,15,17). The topological polar surface area (TPSA) is 49.3 Å². The molecule has 0 aliphatic heterocycles. The summed E-state index contributed by atoms with van der Waals surface area (Å²) in [6.45, 7) is 1.05. The van der Waals surface area contributed by atoms with Crippen LogP contribution in [0.4, 0.5) is 18.9 Å². The fourth-order valence-electron chi connectivity index (χ4n) is 1.22. The number of rotatable bonds is 4. The summed E-state index contributed by atoms with van der Waals surface area (Å²) in [6.07, 6.45) is -4.27. The maximum atomic E-state index is 12.1. The number of nitrogens with one attached hydrogen (secondary N) is 1. The molecule has 0 spiro atoms. The van der Waals surface area contributed by atoms with Crippen molar-refractivity contribution in [1.29, 1.82) is 0 Å². The van der Waals surface area contributed by atoms with Crippen LogP contribution in [0, 0.1) is 6.92 Å². The lowest BCUT2D eigenvalue weighted by atomic mass is 10.2. The normalized spacial score (nSPS) is 11.4. The number of aryl methyl sites for hydroxylation is 1. The van der Waals surface area contributed by atoms with E-state index < -0.39 is 24.4 Å². The lowest BCUT2D eigenvalue weighted by molar-refractivity contribution is -0.118. The summed E-state index contributed by atoms with van der Waals surface area (Å²) in [4.78, 5) is 11.4. The third-order valence-electron chi connectivity index (χ3n) is 1.94. The van der Waals surface area contributed by atoms with Gasteiger partial charge < -0.3 is 10.4 Å². The van der Waals surface area contributed by atoms with E-state index in [2.05, 4.69) is 5.32 Å². The number of anilines is 1. The van der Waals surface area contributed by atoms with E-state index >= 15 is 0 Å². The highest BCUT2D eigenvalue weighted by molar-refractivity contribution is 7.99. The lowest BCUT2D eigenvalue weighted by Gasteiger charge is -2.12. The van der Waals surface area contributed by atoms with Gasteiger partial charge in [0, 0.05) is 4.90 Å². The molecular formula is C11H12F3NO2S. The highest BCUT2D eigenvalue weighted by atomic mass is 32.2. The predicted octanol–water partition coefficient (Wildman–Crippen LogP) is 2.58. The Balaban J connectivity index is 2.86. The summed E-state index contributed by atoms with van der Waals surface area (Å²) in [5.41, 5.74) is 1.09. The Morgan fingerprint density at radius 3 is 2.67 bits per heavy atom. The summed E-state index contributed by atoms with van der Waals surface area (Å²) in [5.74, 6) is -1.69. The Hall–Kier alpha value is -1.21. The van der Waals surface area contributed by atoms with E-state index in [9.17, 15) is 18.0 Å². The predicted molar refractivity (Wildman–Crippen MR) is 63.7 cm³/mol. The van der Waals surface area contributed by atoms with Gasteiger partial charge in [0.15, 0.2) is 0 Å². The number of alkyl halides is 3. The smallest absolute Gasteiger partial charge is 0.387 e. The molecule has 0 radical (unpaired) electrons. The van der Waals surface area contributed by atoms with Crippen molar-refractivity contribution < 1.29 is 23.1 Å². The summed E-state index contributed by atoms with van der Waals surface area (Å²) >= 11 is 0.594. The number of carbonyl (C=O) groups is 1. The Kier molecular flexibility index (Phi) is 5.03. The highest BCUT2D eigenvalue weighted by Crippen LogP contribution is 2.32. The second-order valence-electron chi connectivity index (χ2n) is 3.61.